The van der Waals surface area contributed by atoms with Crippen LogP contribution in [0.25, 0.3) is 34.0 Å². The highest BCUT2D eigenvalue weighted by Gasteiger charge is 2.15. The van der Waals surface area contributed by atoms with Crippen molar-refractivity contribution in [3.63, 3.8) is 0 Å². The number of hydrogen-bond acceptors (Lipinski definition) is 6. The number of aromatic amines is 1. The van der Waals surface area contributed by atoms with Gasteiger partial charge in [-0.1, -0.05) is 23.4 Å². The standard InChI is InChI=1S/C21H19N5O2/c1-12(22)14-4-3-5-15(8-14)17-9-19(28-26-17)21-13(2)23-11-18(25-21)16-6-7-20(27)24-10-16/h3-12H,22H2,1-2H3,(H,24,27). The number of hydrogen-bond donors (Lipinski definition) is 2. The van der Waals surface area contributed by atoms with Gasteiger partial charge in [-0.05, 0) is 31.5 Å². The van der Waals surface area contributed by atoms with Gasteiger partial charge < -0.3 is 15.2 Å². The summed E-state index contributed by atoms with van der Waals surface area (Å²) in [5.74, 6) is 0.525. The monoisotopic (exact) mass is 373 g/mol. The molecule has 1 unspecified atom stereocenters. The Hall–Kier alpha value is -3.58. The summed E-state index contributed by atoms with van der Waals surface area (Å²) in [5, 5.41) is 4.19. The number of nitrogens with one attached hydrogen (secondary N) is 1. The van der Waals surface area contributed by atoms with Crippen LogP contribution in [0.3, 0.4) is 0 Å². The third kappa shape index (κ3) is 3.47. The number of aromatic nitrogens is 4. The van der Waals surface area contributed by atoms with E-state index in [4.69, 9.17) is 10.3 Å². The van der Waals surface area contributed by atoms with Crippen molar-refractivity contribution in [2.24, 2.45) is 5.73 Å². The Morgan fingerprint density at radius 2 is 1.96 bits per heavy atom. The van der Waals surface area contributed by atoms with Crippen LogP contribution in [0, 0.1) is 6.92 Å². The molecule has 7 heteroatoms. The number of benzene rings is 1. The molecule has 3 aromatic heterocycles. The molecule has 0 aliphatic heterocycles. The van der Waals surface area contributed by atoms with E-state index in [1.165, 1.54) is 6.07 Å². The van der Waals surface area contributed by atoms with Crippen molar-refractivity contribution in [1.29, 1.82) is 0 Å². The SMILES string of the molecule is Cc1ncc(-c2ccc(=O)[nH]c2)nc1-c1cc(-c2cccc(C(C)N)c2)no1. The maximum atomic E-state index is 11.3. The zero-order valence-corrected chi connectivity index (χ0v) is 15.5. The topological polar surface area (TPSA) is 111 Å². The first-order chi connectivity index (χ1) is 13.5. The van der Waals surface area contributed by atoms with Gasteiger partial charge in [-0.3, -0.25) is 9.78 Å². The Labute approximate surface area is 161 Å². The lowest BCUT2D eigenvalue weighted by Gasteiger charge is -2.06. The molecule has 0 fully saturated rings. The van der Waals surface area contributed by atoms with Crippen LogP contribution in [0.2, 0.25) is 0 Å². The van der Waals surface area contributed by atoms with Gasteiger partial charge in [0.25, 0.3) is 0 Å². The fraction of sp³-hybridized carbons (Fsp3) is 0.143. The van der Waals surface area contributed by atoms with E-state index in [1.54, 1.807) is 18.5 Å². The van der Waals surface area contributed by atoms with Crippen LogP contribution in [0.4, 0.5) is 0 Å². The van der Waals surface area contributed by atoms with Gasteiger partial charge >= 0.3 is 0 Å². The van der Waals surface area contributed by atoms with Crippen molar-refractivity contribution in [1.82, 2.24) is 20.1 Å². The molecule has 0 spiro atoms. The molecule has 3 N–H and O–H groups in total. The summed E-state index contributed by atoms with van der Waals surface area (Å²) in [4.78, 5) is 23.0. The van der Waals surface area contributed by atoms with Gasteiger partial charge in [0, 0.05) is 35.5 Å². The summed E-state index contributed by atoms with van der Waals surface area (Å²) in [5.41, 5.74) is 11.2. The normalized spacial score (nSPS) is 12.1. The molecule has 140 valence electrons. The third-order valence-corrected chi connectivity index (χ3v) is 4.49. The maximum Gasteiger partial charge on any atom is 0.247 e. The predicted molar refractivity (Wildman–Crippen MR) is 106 cm³/mol. The van der Waals surface area contributed by atoms with Gasteiger partial charge in [-0.15, -0.1) is 0 Å². The first-order valence-electron chi connectivity index (χ1n) is 8.87. The van der Waals surface area contributed by atoms with E-state index in [0.29, 0.717) is 22.8 Å². The molecule has 7 nitrogen and oxygen atoms in total. The number of nitrogens with two attached hydrogens (primary N) is 1. The summed E-state index contributed by atoms with van der Waals surface area (Å²) < 4.78 is 5.55. The third-order valence-electron chi connectivity index (χ3n) is 4.49. The molecule has 0 radical (unpaired) electrons. The predicted octanol–water partition coefficient (Wildman–Crippen LogP) is 3.48. The molecular formula is C21H19N5O2. The van der Waals surface area contributed by atoms with Gasteiger partial charge in [0.15, 0.2) is 5.76 Å². The van der Waals surface area contributed by atoms with Gasteiger partial charge in [0.1, 0.15) is 11.4 Å². The van der Waals surface area contributed by atoms with Gasteiger partial charge in [-0.2, -0.15) is 0 Å². The van der Waals surface area contributed by atoms with Crippen LogP contribution in [0.1, 0.15) is 24.2 Å². The summed E-state index contributed by atoms with van der Waals surface area (Å²) >= 11 is 0. The van der Waals surface area contributed by atoms with E-state index in [9.17, 15) is 4.79 Å². The summed E-state index contributed by atoms with van der Waals surface area (Å²) in [6, 6.07) is 12.8. The lowest BCUT2D eigenvalue weighted by molar-refractivity contribution is 0.433. The molecule has 1 atom stereocenters. The average Bonchev–Trinajstić information content (AvgIpc) is 3.19. The van der Waals surface area contributed by atoms with Crippen molar-refractivity contribution in [2.45, 2.75) is 19.9 Å². The van der Waals surface area contributed by atoms with Crippen LogP contribution in [0.5, 0.6) is 0 Å². The second kappa shape index (κ2) is 7.21. The van der Waals surface area contributed by atoms with Crippen molar-refractivity contribution >= 4 is 0 Å². The maximum absolute atomic E-state index is 11.3. The average molecular weight is 373 g/mol. The van der Waals surface area contributed by atoms with E-state index in [0.717, 1.165) is 22.4 Å². The highest BCUT2D eigenvalue weighted by atomic mass is 16.5. The summed E-state index contributed by atoms with van der Waals surface area (Å²) in [6.07, 6.45) is 3.27. The molecule has 0 aliphatic carbocycles. The van der Waals surface area contributed by atoms with Crippen LogP contribution in [-0.4, -0.2) is 20.1 Å². The van der Waals surface area contributed by atoms with Crippen LogP contribution in [0.15, 0.2) is 64.2 Å². The molecule has 0 saturated carbocycles. The summed E-state index contributed by atoms with van der Waals surface area (Å²) in [7, 11) is 0. The number of H-pyrrole nitrogens is 1. The summed E-state index contributed by atoms with van der Waals surface area (Å²) in [6.45, 7) is 3.80. The van der Waals surface area contributed by atoms with Crippen molar-refractivity contribution < 1.29 is 4.52 Å². The van der Waals surface area contributed by atoms with Crippen molar-refractivity contribution in [2.75, 3.05) is 0 Å². The highest BCUT2D eigenvalue weighted by molar-refractivity contribution is 5.68. The molecule has 4 rings (SSSR count). The molecule has 0 amide bonds. The highest BCUT2D eigenvalue weighted by Crippen LogP contribution is 2.29. The van der Waals surface area contributed by atoms with E-state index >= 15 is 0 Å². The van der Waals surface area contributed by atoms with Crippen LogP contribution in [-0.2, 0) is 0 Å². The smallest absolute Gasteiger partial charge is 0.247 e. The van der Waals surface area contributed by atoms with E-state index in [1.807, 2.05) is 44.2 Å². The molecular weight excluding hydrogens is 354 g/mol. The van der Waals surface area contributed by atoms with Crippen molar-refractivity contribution in [3.05, 3.63) is 76.5 Å². The lowest BCUT2D eigenvalue weighted by atomic mass is 10.0. The Kier molecular flexibility index (Phi) is 4.58. The number of rotatable bonds is 4. The van der Waals surface area contributed by atoms with E-state index < -0.39 is 0 Å². The molecule has 0 bridgehead atoms. The fourth-order valence-electron chi connectivity index (χ4n) is 2.90. The number of aryl methyl sites for hydroxylation is 1. The minimum atomic E-state index is -0.169. The minimum absolute atomic E-state index is 0.0616. The van der Waals surface area contributed by atoms with Gasteiger partial charge in [-0.25, -0.2) is 4.98 Å². The van der Waals surface area contributed by atoms with Gasteiger partial charge in [0.05, 0.1) is 17.6 Å². The van der Waals surface area contributed by atoms with E-state index in [2.05, 4.69) is 20.1 Å². The first-order valence-corrected chi connectivity index (χ1v) is 8.87. The quantitative estimate of drug-likeness (QED) is 0.566. The molecule has 0 aliphatic rings. The second-order valence-electron chi connectivity index (χ2n) is 6.62. The zero-order chi connectivity index (χ0) is 19.7. The largest absolute Gasteiger partial charge is 0.354 e. The fourth-order valence-corrected chi connectivity index (χ4v) is 2.90. The molecule has 4 aromatic rings. The van der Waals surface area contributed by atoms with Crippen molar-refractivity contribution in [3.8, 4) is 34.0 Å². The molecule has 1 aromatic carbocycles. The Morgan fingerprint density at radius 1 is 1.11 bits per heavy atom. The van der Waals surface area contributed by atoms with E-state index in [-0.39, 0.29) is 11.6 Å². The minimum Gasteiger partial charge on any atom is -0.354 e. The second-order valence-corrected chi connectivity index (χ2v) is 6.62. The van der Waals surface area contributed by atoms with Crippen LogP contribution < -0.4 is 11.3 Å². The lowest BCUT2D eigenvalue weighted by Crippen LogP contribution is -2.04. The number of pyridine rings is 1. The Morgan fingerprint density at radius 3 is 2.71 bits per heavy atom. The zero-order valence-electron chi connectivity index (χ0n) is 15.5. The van der Waals surface area contributed by atoms with Crippen LogP contribution >= 0.6 is 0 Å². The molecule has 28 heavy (non-hydrogen) atoms. The van der Waals surface area contributed by atoms with Gasteiger partial charge in [0.2, 0.25) is 5.56 Å². The number of nitrogens with zero attached hydrogens (tertiary/aromatic N) is 3. The Bertz CT molecular complexity index is 1170. The Balaban J connectivity index is 1.72. The molecule has 0 saturated heterocycles. The molecule has 3 heterocycles. The first kappa shape index (κ1) is 17.8.